The Morgan fingerprint density at radius 1 is 1.12 bits per heavy atom. The van der Waals surface area contributed by atoms with Crippen molar-refractivity contribution in [1.82, 2.24) is 9.80 Å². The van der Waals surface area contributed by atoms with Crippen LogP contribution in [-0.2, 0) is 9.59 Å². The fourth-order valence-corrected chi connectivity index (χ4v) is 2.81. The van der Waals surface area contributed by atoms with E-state index in [0.717, 1.165) is 17.6 Å². The van der Waals surface area contributed by atoms with E-state index in [1.807, 2.05) is 38.1 Å². The minimum atomic E-state index is -0.986. The first-order chi connectivity index (χ1) is 11.4. The smallest absolute Gasteiger partial charge is 0.251 e. The highest BCUT2D eigenvalue weighted by molar-refractivity contribution is 5.95. The van der Waals surface area contributed by atoms with Crippen LogP contribution < -0.4 is 0 Å². The highest BCUT2D eigenvalue weighted by Gasteiger charge is 2.25. The molecule has 1 aliphatic rings. The van der Waals surface area contributed by atoms with Crippen LogP contribution in [0.15, 0.2) is 30.3 Å². The number of rotatable bonds is 4. The van der Waals surface area contributed by atoms with Gasteiger partial charge in [-0.1, -0.05) is 36.8 Å². The zero-order valence-electron chi connectivity index (χ0n) is 14.7. The minimum absolute atomic E-state index is 0.0171. The molecule has 0 bridgehead atoms. The molecule has 5 nitrogen and oxygen atoms in total. The summed E-state index contributed by atoms with van der Waals surface area (Å²) in [5.74, 6) is -0.289. The molecule has 130 valence electrons. The van der Waals surface area contributed by atoms with Gasteiger partial charge in [-0.3, -0.25) is 9.59 Å². The molecule has 0 saturated carbocycles. The topological polar surface area (TPSA) is 60.9 Å². The van der Waals surface area contributed by atoms with Gasteiger partial charge in [0, 0.05) is 32.3 Å². The van der Waals surface area contributed by atoms with E-state index in [0.29, 0.717) is 26.2 Å². The van der Waals surface area contributed by atoms with Gasteiger partial charge in [0.2, 0.25) is 5.91 Å². The molecule has 2 rings (SSSR count). The number of piperazine rings is 1. The van der Waals surface area contributed by atoms with Gasteiger partial charge in [0.05, 0.1) is 0 Å². The van der Waals surface area contributed by atoms with Gasteiger partial charge in [0.25, 0.3) is 5.91 Å². The standard InChI is InChI=1S/C19H26N2O3/c1-4-16(17-7-5-14(2)6-8-17)13-18(23)20-9-11-21(12-10-20)19(24)15(3)22/h5-8,13,15,22H,4,9-12H2,1-3H3/b16-13-. The lowest BCUT2D eigenvalue weighted by Gasteiger charge is -2.35. The van der Waals surface area contributed by atoms with Crippen LogP contribution >= 0.6 is 0 Å². The average molecular weight is 330 g/mol. The van der Waals surface area contributed by atoms with Gasteiger partial charge in [0.15, 0.2) is 0 Å². The number of nitrogens with zero attached hydrogens (tertiary/aromatic N) is 2. The summed E-state index contributed by atoms with van der Waals surface area (Å²) in [6, 6.07) is 8.17. The number of amides is 2. The maximum Gasteiger partial charge on any atom is 0.251 e. The average Bonchev–Trinajstić information content (AvgIpc) is 2.59. The van der Waals surface area contributed by atoms with Crippen molar-refractivity contribution >= 4 is 17.4 Å². The third-order valence-corrected chi connectivity index (χ3v) is 4.36. The molecular weight excluding hydrogens is 304 g/mol. The lowest BCUT2D eigenvalue weighted by atomic mass is 10.0. The van der Waals surface area contributed by atoms with E-state index >= 15 is 0 Å². The Hall–Kier alpha value is -2.14. The summed E-state index contributed by atoms with van der Waals surface area (Å²) in [7, 11) is 0. The van der Waals surface area contributed by atoms with Gasteiger partial charge in [-0.2, -0.15) is 0 Å². The van der Waals surface area contributed by atoms with Gasteiger partial charge in [-0.25, -0.2) is 0 Å². The molecule has 1 heterocycles. The Morgan fingerprint density at radius 3 is 2.17 bits per heavy atom. The Kier molecular flexibility index (Phi) is 6.15. The number of allylic oxidation sites excluding steroid dienone is 1. The molecule has 5 heteroatoms. The zero-order chi connectivity index (χ0) is 17.7. The van der Waals surface area contributed by atoms with Crippen LogP contribution in [0.3, 0.4) is 0 Å². The molecule has 0 aromatic heterocycles. The Labute approximate surface area is 143 Å². The first kappa shape index (κ1) is 18.2. The van der Waals surface area contributed by atoms with E-state index in [1.165, 1.54) is 12.5 Å². The number of aliphatic hydroxyl groups excluding tert-OH is 1. The zero-order valence-corrected chi connectivity index (χ0v) is 14.7. The third-order valence-electron chi connectivity index (χ3n) is 4.36. The Balaban J connectivity index is 2.01. The van der Waals surface area contributed by atoms with Crippen LogP contribution in [0.5, 0.6) is 0 Å². The van der Waals surface area contributed by atoms with Gasteiger partial charge in [-0.15, -0.1) is 0 Å². The predicted molar refractivity (Wildman–Crippen MR) is 94.3 cm³/mol. The van der Waals surface area contributed by atoms with Crippen molar-refractivity contribution < 1.29 is 14.7 Å². The Bertz CT molecular complexity index is 612. The highest BCUT2D eigenvalue weighted by atomic mass is 16.3. The van der Waals surface area contributed by atoms with Crippen LogP contribution in [-0.4, -0.2) is 59.0 Å². The molecular formula is C19H26N2O3. The number of carbonyl (C=O) groups excluding carboxylic acids is 2. The SMILES string of the molecule is CC/C(=C/C(=O)N1CCN(C(=O)C(C)O)CC1)c1ccc(C)cc1. The fraction of sp³-hybridized carbons (Fsp3) is 0.474. The van der Waals surface area contributed by atoms with E-state index in [1.54, 1.807) is 15.9 Å². The monoisotopic (exact) mass is 330 g/mol. The van der Waals surface area contributed by atoms with Crippen molar-refractivity contribution in [2.45, 2.75) is 33.3 Å². The maximum absolute atomic E-state index is 12.5. The van der Waals surface area contributed by atoms with E-state index in [-0.39, 0.29) is 11.8 Å². The summed E-state index contributed by atoms with van der Waals surface area (Å²) in [4.78, 5) is 27.7. The van der Waals surface area contributed by atoms with E-state index in [4.69, 9.17) is 0 Å². The molecule has 24 heavy (non-hydrogen) atoms. The molecule has 0 spiro atoms. The first-order valence-corrected chi connectivity index (χ1v) is 8.45. The summed E-state index contributed by atoms with van der Waals surface area (Å²) in [6.07, 6.45) is 1.51. The summed E-state index contributed by atoms with van der Waals surface area (Å²) in [5.41, 5.74) is 3.28. The van der Waals surface area contributed by atoms with Crippen molar-refractivity contribution in [2.24, 2.45) is 0 Å². The normalized spacial score (nSPS) is 16.9. The van der Waals surface area contributed by atoms with Crippen LogP contribution in [0.4, 0.5) is 0 Å². The lowest BCUT2D eigenvalue weighted by Crippen LogP contribution is -2.52. The molecule has 1 atom stereocenters. The second-order valence-corrected chi connectivity index (χ2v) is 6.22. The molecule has 1 aromatic carbocycles. The number of aliphatic hydroxyl groups is 1. The second-order valence-electron chi connectivity index (χ2n) is 6.22. The number of benzene rings is 1. The van der Waals surface area contributed by atoms with E-state index in [9.17, 15) is 14.7 Å². The number of hydrogen-bond acceptors (Lipinski definition) is 3. The quantitative estimate of drug-likeness (QED) is 0.857. The molecule has 1 N–H and O–H groups in total. The van der Waals surface area contributed by atoms with Crippen molar-refractivity contribution in [1.29, 1.82) is 0 Å². The third kappa shape index (κ3) is 4.45. The fourth-order valence-electron chi connectivity index (χ4n) is 2.81. The van der Waals surface area contributed by atoms with Crippen LogP contribution in [0.25, 0.3) is 5.57 Å². The molecule has 2 amide bonds. The molecule has 1 unspecified atom stereocenters. The van der Waals surface area contributed by atoms with E-state index in [2.05, 4.69) is 0 Å². The molecule has 1 aromatic rings. The van der Waals surface area contributed by atoms with Crippen molar-refractivity contribution in [2.75, 3.05) is 26.2 Å². The highest BCUT2D eigenvalue weighted by Crippen LogP contribution is 2.19. The molecule has 0 radical (unpaired) electrons. The van der Waals surface area contributed by atoms with Crippen molar-refractivity contribution in [3.63, 3.8) is 0 Å². The summed E-state index contributed by atoms with van der Waals surface area (Å²) >= 11 is 0. The minimum Gasteiger partial charge on any atom is -0.384 e. The summed E-state index contributed by atoms with van der Waals surface area (Å²) in [6.45, 7) is 7.48. The predicted octanol–water partition coefficient (Wildman–Crippen LogP) is 1.84. The van der Waals surface area contributed by atoms with Gasteiger partial charge < -0.3 is 14.9 Å². The summed E-state index contributed by atoms with van der Waals surface area (Å²) in [5, 5.41) is 9.36. The Morgan fingerprint density at radius 2 is 1.67 bits per heavy atom. The molecule has 1 aliphatic heterocycles. The van der Waals surface area contributed by atoms with Gasteiger partial charge in [0.1, 0.15) is 6.10 Å². The maximum atomic E-state index is 12.5. The second kappa shape index (κ2) is 8.11. The van der Waals surface area contributed by atoms with Crippen molar-refractivity contribution in [3.05, 3.63) is 41.5 Å². The molecule has 0 aliphatic carbocycles. The largest absolute Gasteiger partial charge is 0.384 e. The van der Waals surface area contributed by atoms with Gasteiger partial charge in [-0.05, 0) is 31.4 Å². The molecule has 1 saturated heterocycles. The van der Waals surface area contributed by atoms with Crippen molar-refractivity contribution in [3.8, 4) is 0 Å². The van der Waals surface area contributed by atoms with Crippen LogP contribution in [0.2, 0.25) is 0 Å². The van der Waals surface area contributed by atoms with Crippen LogP contribution in [0.1, 0.15) is 31.4 Å². The lowest BCUT2D eigenvalue weighted by molar-refractivity contribution is -0.143. The first-order valence-electron chi connectivity index (χ1n) is 8.45. The molecule has 1 fully saturated rings. The number of carbonyl (C=O) groups is 2. The van der Waals surface area contributed by atoms with Crippen LogP contribution in [0, 0.1) is 6.92 Å². The summed E-state index contributed by atoms with van der Waals surface area (Å²) < 4.78 is 0. The van der Waals surface area contributed by atoms with E-state index < -0.39 is 6.10 Å². The van der Waals surface area contributed by atoms with Gasteiger partial charge >= 0.3 is 0 Å². The number of hydrogen-bond donors (Lipinski definition) is 1. The number of aryl methyl sites for hydroxylation is 1.